The molecule has 0 saturated heterocycles. The van der Waals surface area contributed by atoms with E-state index >= 15 is 0 Å². The molecule has 0 spiro atoms. The summed E-state index contributed by atoms with van der Waals surface area (Å²) in [7, 11) is 0. The molecule has 0 heterocycles. The van der Waals surface area contributed by atoms with Crippen LogP contribution in [0.4, 0.5) is 5.69 Å². The van der Waals surface area contributed by atoms with E-state index < -0.39 is 0 Å². The van der Waals surface area contributed by atoms with Crippen molar-refractivity contribution in [2.45, 2.75) is 53.4 Å². The van der Waals surface area contributed by atoms with Gasteiger partial charge in [0.05, 0.1) is 0 Å². The van der Waals surface area contributed by atoms with Gasteiger partial charge in [-0.05, 0) is 30.4 Å². The number of hydrogen-bond donors (Lipinski definition) is 1. The van der Waals surface area contributed by atoms with Gasteiger partial charge in [-0.2, -0.15) is 0 Å². The van der Waals surface area contributed by atoms with Gasteiger partial charge in [0, 0.05) is 11.6 Å². The number of benzene rings is 1. The smallest absolute Gasteiger partial charge is 0.227 e. The zero-order chi connectivity index (χ0) is 13.5. The highest BCUT2D eigenvalue weighted by Gasteiger charge is 2.15. The first-order valence-corrected chi connectivity index (χ1v) is 7.05. The first kappa shape index (κ1) is 14.7. The average Bonchev–Trinajstić information content (AvgIpc) is 2.39. The van der Waals surface area contributed by atoms with Crippen LogP contribution >= 0.6 is 0 Å². The number of carbonyl (C=O) groups is 1. The van der Waals surface area contributed by atoms with Crippen LogP contribution in [0.25, 0.3) is 0 Å². The topological polar surface area (TPSA) is 29.1 Å². The van der Waals surface area contributed by atoms with Crippen LogP contribution in [0.1, 0.15) is 51.7 Å². The van der Waals surface area contributed by atoms with Gasteiger partial charge in [0.15, 0.2) is 0 Å². The third-order valence-corrected chi connectivity index (χ3v) is 3.42. The molecule has 0 fully saturated rings. The highest BCUT2D eigenvalue weighted by Crippen LogP contribution is 2.23. The molecule has 0 aromatic heterocycles. The molecular formula is C16H25NO. The van der Waals surface area contributed by atoms with Crippen molar-refractivity contribution in [3.63, 3.8) is 0 Å². The molecule has 1 amide bonds. The van der Waals surface area contributed by atoms with Gasteiger partial charge in [-0.1, -0.05) is 52.3 Å². The highest BCUT2D eigenvalue weighted by atomic mass is 16.1. The standard InChI is InChI=1S/C16H25NO/c1-5-9-12(4)16(18)17-15-13(6-2)10-8-11-14(15)7-3/h8,10-12H,5-7,9H2,1-4H3,(H,17,18). The predicted octanol–water partition coefficient (Wildman–Crippen LogP) is 4.19. The van der Waals surface area contributed by atoms with E-state index in [1.54, 1.807) is 0 Å². The number of anilines is 1. The van der Waals surface area contributed by atoms with Gasteiger partial charge in [-0.25, -0.2) is 0 Å². The van der Waals surface area contributed by atoms with Crippen LogP contribution < -0.4 is 5.32 Å². The SMILES string of the molecule is CCCC(C)C(=O)Nc1c(CC)cccc1CC. The minimum Gasteiger partial charge on any atom is -0.325 e. The summed E-state index contributed by atoms with van der Waals surface area (Å²) >= 11 is 0. The van der Waals surface area contributed by atoms with Crippen molar-refractivity contribution in [3.8, 4) is 0 Å². The zero-order valence-electron chi connectivity index (χ0n) is 12.0. The lowest BCUT2D eigenvalue weighted by molar-refractivity contribution is -0.119. The lowest BCUT2D eigenvalue weighted by Gasteiger charge is -2.17. The Hall–Kier alpha value is -1.31. The van der Waals surface area contributed by atoms with E-state index in [4.69, 9.17) is 0 Å². The quantitative estimate of drug-likeness (QED) is 0.802. The van der Waals surface area contributed by atoms with Crippen molar-refractivity contribution < 1.29 is 4.79 Å². The summed E-state index contributed by atoms with van der Waals surface area (Å²) < 4.78 is 0. The fourth-order valence-corrected chi connectivity index (χ4v) is 2.21. The second kappa shape index (κ2) is 7.20. The van der Waals surface area contributed by atoms with Crippen molar-refractivity contribution in [2.75, 3.05) is 5.32 Å². The molecule has 0 aliphatic heterocycles. The summed E-state index contributed by atoms with van der Waals surface area (Å²) in [6.45, 7) is 8.36. The van der Waals surface area contributed by atoms with Crippen molar-refractivity contribution in [2.24, 2.45) is 5.92 Å². The Morgan fingerprint density at radius 3 is 2.17 bits per heavy atom. The molecule has 0 radical (unpaired) electrons. The molecule has 100 valence electrons. The normalized spacial score (nSPS) is 12.2. The van der Waals surface area contributed by atoms with Crippen LogP contribution in [0.2, 0.25) is 0 Å². The fourth-order valence-electron chi connectivity index (χ4n) is 2.21. The number of amides is 1. The Morgan fingerprint density at radius 2 is 1.72 bits per heavy atom. The largest absolute Gasteiger partial charge is 0.325 e. The predicted molar refractivity (Wildman–Crippen MR) is 77.9 cm³/mol. The monoisotopic (exact) mass is 247 g/mol. The molecule has 2 nitrogen and oxygen atoms in total. The first-order valence-electron chi connectivity index (χ1n) is 7.05. The first-order chi connectivity index (χ1) is 8.63. The fraction of sp³-hybridized carbons (Fsp3) is 0.562. The Balaban J connectivity index is 2.91. The lowest BCUT2D eigenvalue weighted by atomic mass is 10.0. The second-order valence-corrected chi connectivity index (χ2v) is 4.84. The molecule has 1 N–H and O–H groups in total. The maximum absolute atomic E-state index is 12.1. The average molecular weight is 247 g/mol. The maximum Gasteiger partial charge on any atom is 0.227 e. The van der Waals surface area contributed by atoms with Crippen molar-refractivity contribution in [1.29, 1.82) is 0 Å². The third kappa shape index (κ3) is 3.59. The van der Waals surface area contributed by atoms with Crippen LogP contribution in [-0.2, 0) is 17.6 Å². The van der Waals surface area contributed by atoms with E-state index in [0.29, 0.717) is 0 Å². The third-order valence-electron chi connectivity index (χ3n) is 3.42. The summed E-state index contributed by atoms with van der Waals surface area (Å²) in [4.78, 5) is 12.1. The molecule has 1 atom stereocenters. The van der Waals surface area contributed by atoms with Gasteiger partial charge in [0.2, 0.25) is 5.91 Å². The van der Waals surface area contributed by atoms with E-state index in [1.807, 2.05) is 6.92 Å². The number of rotatable bonds is 6. The summed E-state index contributed by atoms with van der Waals surface area (Å²) in [5.41, 5.74) is 3.49. The van der Waals surface area contributed by atoms with E-state index in [1.165, 1.54) is 11.1 Å². The number of hydrogen-bond acceptors (Lipinski definition) is 1. The second-order valence-electron chi connectivity index (χ2n) is 4.84. The Bertz CT molecular complexity index is 376. The van der Waals surface area contributed by atoms with Gasteiger partial charge in [-0.3, -0.25) is 4.79 Å². The van der Waals surface area contributed by atoms with Crippen molar-refractivity contribution in [1.82, 2.24) is 0 Å². The van der Waals surface area contributed by atoms with Crippen molar-refractivity contribution >= 4 is 11.6 Å². The molecule has 0 bridgehead atoms. The molecule has 18 heavy (non-hydrogen) atoms. The zero-order valence-corrected chi connectivity index (χ0v) is 12.0. The lowest BCUT2D eigenvalue weighted by Crippen LogP contribution is -2.21. The van der Waals surface area contributed by atoms with Crippen LogP contribution in [0.15, 0.2) is 18.2 Å². The van der Waals surface area contributed by atoms with Gasteiger partial charge < -0.3 is 5.32 Å². The Kier molecular flexibility index (Phi) is 5.90. The van der Waals surface area contributed by atoms with Crippen LogP contribution in [0.3, 0.4) is 0 Å². The van der Waals surface area contributed by atoms with E-state index in [9.17, 15) is 4.79 Å². The molecule has 0 saturated carbocycles. The van der Waals surface area contributed by atoms with E-state index in [-0.39, 0.29) is 11.8 Å². The molecule has 1 aromatic carbocycles. The Morgan fingerprint density at radius 1 is 1.17 bits per heavy atom. The number of aryl methyl sites for hydroxylation is 2. The summed E-state index contributed by atoms with van der Waals surface area (Å²) in [5.74, 6) is 0.233. The molecule has 0 aliphatic rings. The number of para-hydroxylation sites is 1. The van der Waals surface area contributed by atoms with Crippen LogP contribution in [0.5, 0.6) is 0 Å². The Labute approximate surface area is 111 Å². The van der Waals surface area contributed by atoms with Crippen molar-refractivity contribution in [3.05, 3.63) is 29.3 Å². The number of carbonyl (C=O) groups excluding carboxylic acids is 1. The van der Waals surface area contributed by atoms with Gasteiger partial charge >= 0.3 is 0 Å². The molecule has 1 rings (SSSR count). The maximum atomic E-state index is 12.1. The van der Waals surface area contributed by atoms with Gasteiger partial charge in [-0.15, -0.1) is 0 Å². The van der Waals surface area contributed by atoms with Gasteiger partial charge in [0.1, 0.15) is 0 Å². The minimum absolute atomic E-state index is 0.0876. The molecular weight excluding hydrogens is 222 g/mol. The minimum atomic E-state index is 0.0876. The van der Waals surface area contributed by atoms with Gasteiger partial charge in [0.25, 0.3) is 0 Å². The highest BCUT2D eigenvalue weighted by molar-refractivity contribution is 5.93. The molecule has 1 unspecified atom stereocenters. The van der Waals surface area contributed by atoms with E-state index in [2.05, 4.69) is 44.3 Å². The summed E-state index contributed by atoms with van der Waals surface area (Å²) in [6.07, 6.45) is 3.89. The molecule has 0 aliphatic carbocycles. The number of nitrogens with one attached hydrogen (secondary N) is 1. The molecule has 1 aromatic rings. The van der Waals surface area contributed by atoms with Crippen LogP contribution in [0, 0.1) is 5.92 Å². The summed E-state index contributed by atoms with van der Waals surface area (Å²) in [5, 5.41) is 3.13. The van der Waals surface area contributed by atoms with Crippen LogP contribution in [-0.4, -0.2) is 5.91 Å². The van der Waals surface area contributed by atoms with E-state index in [0.717, 1.165) is 31.4 Å². The molecule has 2 heteroatoms. The summed E-state index contributed by atoms with van der Waals surface area (Å²) in [6, 6.07) is 6.27.